The number of carboxylic acids is 1. The van der Waals surface area contributed by atoms with E-state index in [2.05, 4.69) is 0 Å². The number of allylic oxidation sites excluding steroid dienone is 3. The molecule has 0 radical (unpaired) electrons. The van der Waals surface area contributed by atoms with Gasteiger partial charge in [-0.05, 0) is 38.0 Å². The van der Waals surface area contributed by atoms with Gasteiger partial charge in [-0.1, -0.05) is 43.4 Å². The molecule has 1 aliphatic carbocycles. The van der Waals surface area contributed by atoms with E-state index in [1.54, 1.807) is 6.08 Å². The van der Waals surface area contributed by atoms with Crippen LogP contribution in [0, 0.1) is 11.8 Å². The lowest BCUT2D eigenvalue weighted by atomic mass is 9.89. The van der Waals surface area contributed by atoms with E-state index in [0.717, 1.165) is 6.42 Å². The summed E-state index contributed by atoms with van der Waals surface area (Å²) in [4.78, 5) is 10.5. The second-order valence-corrected chi connectivity index (χ2v) is 6.67. The van der Waals surface area contributed by atoms with Crippen LogP contribution in [-0.2, 0) is 4.79 Å². The van der Waals surface area contributed by atoms with Crippen molar-refractivity contribution in [2.24, 2.45) is 11.8 Å². The second-order valence-electron chi connectivity index (χ2n) is 6.67. The van der Waals surface area contributed by atoms with Crippen LogP contribution in [0.25, 0.3) is 0 Å². The second kappa shape index (κ2) is 12.0. The van der Waals surface area contributed by atoms with E-state index in [-0.39, 0.29) is 18.3 Å². The Kier molecular flexibility index (Phi) is 10.4. The van der Waals surface area contributed by atoms with Gasteiger partial charge in [0.2, 0.25) is 0 Å². The number of rotatable bonds is 11. The molecule has 5 heteroatoms. The third-order valence-electron chi connectivity index (χ3n) is 4.59. The predicted molar refractivity (Wildman–Crippen MR) is 98.0 cm³/mol. The molecular weight excluding hydrogens is 320 g/mol. The van der Waals surface area contributed by atoms with Crippen LogP contribution in [0.5, 0.6) is 0 Å². The zero-order valence-electron chi connectivity index (χ0n) is 15.0. The molecule has 0 aliphatic heterocycles. The fourth-order valence-electron chi connectivity index (χ4n) is 3.19. The van der Waals surface area contributed by atoms with Gasteiger partial charge in [0, 0.05) is 18.8 Å². The Morgan fingerprint density at radius 3 is 2.60 bits per heavy atom. The Balaban J connectivity index is 2.50. The number of hydrogen-bond acceptors (Lipinski definition) is 4. The topological polar surface area (TPSA) is 98.0 Å². The van der Waals surface area contributed by atoms with Crippen LogP contribution < -0.4 is 0 Å². The van der Waals surface area contributed by atoms with Crippen LogP contribution in [-0.4, -0.2) is 44.7 Å². The van der Waals surface area contributed by atoms with Crippen molar-refractivity contribution < 1.29 is 25.2 Å². The highest BCUT2D eigenvalue weighted by atomic mass is 16.4. The standard InChI is InChI=1S/C20H32O5/c1-2-3-6-9-15(21)12-13-17-16(18(22)14-19(17)23)10-7-4-5-8-11-20(24)25/h3-4,6-7,12-13,15-19,21-23H,2,5,8-11,14H2,1H3,(H,24,25)/b6-3+,7-4+,13-12+/t15-,16+,17-,18-,19+/m1/s1. The van der Waals surface area contributed by atoms with E-state index >= 15 is 0 Å². The fraction of sp³-hybridized carbons (Fsp3) is 0.650. The Labute approximate surface area is 150 Å². The molecule has 25 heavy (non-hydrogen) atoms. The van der Waals surface area contributed by atoms with E-state index in [4.69, 9.17) is 5.11 Å². The number of carbonyl (C=O) groups is 1. The van der Waals surface area contributed by atoms with E-state index < -0.39 is 24.3 Å². The van der Waals surface area contributed by atoms with E-state index in [1.807, 2.05) is 37.3 Å². The smallest absolute Gasteiger partial charge is 0.303 e. The molecule has 0 saturated heterocycles. The van der Waals surface area contributed by atoms with Crippen molar-refractivity contribution in [3.05, 3.63) is 36.5 Å². The van der Waals surface area contributed by atoms with Crippen molar-refractivity contribution in [1.82, 2.24) is 0 Å². The minimum absolute atomic E-state index is 0.0830. The molecule has 5 nitrogen and oxygen atoms in total. The number of aliphatic hydroxyl groups is 3. The summed E-state index contributed by atoms with van der Waals surface area (Å²) in [5, 5.41) is 38.9. The Hall–Kier alpha value is -1.43. The van der Waals surface area contributed by atoms with Gasteiger partial charge in [0.1, 0.15) is 0 Å². The molecule has 0 aromatic rings. The molecule has 5 atom stereocenters. The monoisotopic (exact) mass is 352 g/mol. The summed E-state index contributed by atoms with van der Waals surface area (Å²) in [6.07, 6.45) is 13.5. The zero-order chi connectivity index (χ0) is 18.7. The number of carboxylic acid groups (broad SMARTS) is 1. The van der Waals surface area contributed by atoms with Crippen LogP contribution in [0.15, 0.2) is 36.5 Å². The summed E-state index contributed by atoms with van der Waals surface area (Å²) in [5.74, 6) is -1.05. The van der Waals surface area contributed by atoms with Gasteiger partial charge in [-0.25, -0.2) is 0 Å². The molecule has 4 N–H and O–H groups in total. The molecule has 142 valence electrons. The first-order valence-corrected chi connectivity index (χ1v) is 9.20. The SMILES string of the molecule is CC/C=C/C[C@@H](O)/C=C/[C@@H]1[C@H](C/C=C/CCCC(=O)O)[C@H](O)C[C@@H]1O. The lowest BCUT2D eigenvalue weighted by Gasteiger charge is -2.19. The highest BCUT2D eigenvalue weighted by Gasteiger charge is 2.39. The quantitative estimate of drug-likeness (QED) is 0.339. The third-order valence-corrected chi connectivity index (χ3v) is 4.59. The van der Waals surface area contributed by atoms with Gasteiger partial charge in [-0.3, -0.25) is 4.79 Å². The Bertz CT molecular complexity index is 469. The average Bonchev–Trinajstić information content (AvgIpc) is 2.82. The molecule has 1 fully saturated rings. The van der Waals surface area contributed by atoms with Gasteiger partial charge >= 0.3 is 5.97 Å². The summed E-state index contributed by atoms with van der Waals surface area (Å²) in [6, 6.07) is 0. The average molecular weight is 352 g/mol. The first-order chi connectivity index (χ1) is 12.0. The van der Waals surface area contributed by atoms with Crippen molar-refractivity contribution in [1.29, 1.82) is 0 Å². The maximum Gasteiger partial charge on any atom is 0.303 e. The maximum atomic E-state index is 10.5. The molecular formula is C20H32O5. The summed E-state index contributed by atoms with van der Waals surface area (Å²) < 4.78 is 0. The Morgan fingerprint density at radius 2 is 1.92 bits per heavy atom. The van der Waals surface area contributed by atoms with Crippen molar-refractivity contribution >= 4 is 5.97 Å². The molecule has 0 aromatic carbocycles. The molecule has 0 amide bonds. The van der Waals surface area contributed by atoms with Crippen molar-refractivity contribution in [3.8, 4) is 0 Å². The molecule has 1 rings (SSSR count). The lowest BCUT2D eigenvalue weighted by molar-refractivity contribution is -0.137. The summed E-state index contributed by atoms with van der Waals surface area (Å²) >= 11 is 0. The lowest BCUT2D eigenvalue weighted by Crippen LogP contribution is -2.20. The zero-order valence-corrected chi connectivity index (χ0v) is 15.0. The van der Waals surface area contributed by atoms with Crippen LogP contribution in [0.4, 0.5) is 0 Å². The van der Waals surface area contributed by atoms with E-state index in [0.29, 0.717) is 32.1 Å². The molecule has 1 saturated carbocycles. The van der Waals surface area contributed by atoms with Gasteiger partial charge in [0.05, 0.1) is 18.3 Å². The van der Waals surface area contributed by atoms with Gasteiger partial charge in [-0.2, -0.15) is 0 Å². The van der Waals surface area contributed by atoms with Gasteiger partial charge < -0.3 is 20.4 Å². The Morgan fingerprint density at radius 1 is 1.16 bits per heavy atom. The first kappa shape index (κ1) is 21.6. The van der Waals surface area contributed by atoms with Crippen LogP contribution in [0.3, 0.4) is 0 Å². The highest BCUT2D eigenvalue weighted by Crippen LogP contribution is 2.36. The van der Waals surface area contributed by atoms with E-state index in [1.165, 1.54) is 0 Å². The van der Waals surface area contributed by atoms with Gasteiger partial charge in [0.15, 0.2) is 0 Å². The maximum absolute atomic E-state index is 10.5. The molecule has 0 heterocycles. The predicted octanol–water partition coefficient (Wildman–Crippen LogP) is 2.82. The van der Waals surface area contributed by atoms with E-state index in [9.17, 15) is 20.1 Å². The third kappa shape index (κ3) is 8.47. The normalized spacial score (nSPS) is 28.5. The number of hydrogen-bond donors (Lipinski definition) is 4. The van der Waals surface area contributed by atoms with Crippen molar-refractivity contribution in [3.63, 3.8) is 0 Å². The van der Waals surface area contributed by atoms with Gasteiger partial charge in [0.25, 0.3) is 0 Å². The molecule has 1 aliphatic rings. The van der Waals surface area contributed by atoms with Gasteiger partial charge in [-0.15, -0.1) is 0 Å². The minimum Gasteiger partial charge on any atom is -0.481 e. The summed E-state index contributed by atoms with van der Waals surface area (Å²) in [6.45, 7) is 2.04. The van der Waals surface area contributed by atoms with Crippen LogP contribution in [0.2, 0.25) is 0 Å². The minimum atomic E-state index is -0.791. The molecule has 0 spiro atoms. The number of unbranched alkanes of at least 4 members (excludes halogenated alkanes) is 1. The van der Waals surface area contributed by atoms with Crippen LogP contribution >= 0.6 is 0 Å². The first-order valence-electron chi connectivity index (χ1n) is 9.20. The summed E-state index contributed by atoms with van der Waals surface area (Å²) in [7, 11) is 0. The van der Waals surface area contributed by atoms with Crippen molar-refractivity contribution in [2.45, 2.75) is 70.2 Å². The number of aliphatic carboxylic acids is 1. The highest BCUT2D eigenvalue weighted by molar-refractivity contribution is 5.66. The van der Waals surface area contributed by atoms with Crippen molar-refractivity contribution in [2.75, 3.05) is 0 Å². The molecule has 0 bridgehead atoms. The molecule has 0 unspecified atom stereocenters. The summed E-state index contributed by atoms with van der Waals surface area (Å²) in [5.41, 5.74) is 0. The largest absolute Gasteiger partial charge is 0.481 e. The molecule has 0 aromatic heterocycles. The van der Waals surface area contributed by atoms with Crippen LogP contribution in [0.1, 0.15) is 51.9 Å². The fourth-order valence-corrected chi connectivity index (χ4v) is 3.19. The number of aliphatic hydroxyl groups excluding tert-OH is 3.